The van der Waals surface area contributed by atoms with Gasteiger partial charge in [-0.25, -0.2) is 0 Å². The predicted octanol–water partition coefficient (Wildman–Crippen LogP) is 4.50. The van der Waals surface area contributed by atoms with Crippen LogP contribution in [0.4, 0.5) is 5.69 Å². The highest BCUT2D eigenvalue weighted by atomic mass is 32.2. The second kappa shape index (κ2) is 10.4. The van der Waals surface area contributed by atoms with Crippen molar-refractivity contribution in [3.05, 3.63) is 83.6 Å². The molecule has 2 aromatic carbocycles. The highest BCUT2D eigenvalue weighted by molar-refractivity contribution is 8.00. The second-order valence-corrected chi connectivity index (χ2v) is 8.94. The summed E-state index contributed by atoms with van der Waals surface area (Å²) in [5.74, 6) is 0.353. The number of amides is 2. The zero-order chi connectivity index (χ0) is 24.1. The molecule has 1 unspecified atom stereocenters. The molecule has 2 aromatic heterocycles. The Labute approximate surface area is 201 Å². The summed E-state index contributed by atoms with van der Waals surface area (Å²) in [6.45, 7) is 4.20. The van der Waals surface area contributed by atoms with E-state index in [0.717, 1.165) is 22.4 Å². The van der Waals surface area contributed by atoms with Crippen LogP contribution in [0.25, 0.3) is 11.6 Å². The quantitative estimate of drug-likeness (QED) is 0.344. The van der Waals surface area contributed by atoms with Crippen molar-refractivity contribution in [3.8, 4) is 11.6 Å². The average molecular weight is 476 g/mol. The second-order valence-electron chi connectivity index (χ2n) is 7.87. The molecule has 0 saturated heterocycles. The largest absolute Gasteiger partial charge is 0.461 e. The molecule has 0 aliphatic heterocycles. The third-order valence-corrected chi connectivity index (χ3v) is 6.49. The van der Waals surface area contributed by atoms with Crippen LogP contribution in [0.15, 0.2) is 76.5 Å². The van der Waals surface area contributed by atoms with Crippen molar-refractivity contribution >= 4 is 29.3 Å². The standard InChI is InChI=1S/C25H25N5O3S/c1-16-10-11-17(2)19(15-16)27-24(32)22(18-7-4-3-5-8-18)34-25-29-28-23(20-9-6-14-33-20)30(25)13-12-21(26)31/h3-11,14-15,22H,12-13H2,1-2H3,(H2,26,31)(H,27,32). The Bertz CT molecular complexity index is 1290. The lowest BCUT2D eigenvalue weighted by Gasteiger charge is -2.18. The first kappa shape index (κ1) is 23.3. The Morgan fingerprint density at radius 3 is 2.59 bits per heavy atom. The van der Waals surface area contributed by atoms with Gasteiger partial charge in [-0.2, -0.15) is 0 Å². The first-order valence-electron chi connectivity index (χ1n) is 10.8. The summed E-state index contributed by atoms with van der Waals surface area (Å²) >= 11 is 1.26. The lowest BCUT2D eigenvalue weighted by Crippen LogP contribution is -2.20. The molecule has 4 rings (SSSR count). The van der Waals surface area contributed by atoms with E-state index in [4.69, 9.17) is 10.2 Å². The molecule has 3 N–H and O–H groups in total. The minimum absolute atomic E-state index is 0.101. The number of thioether (sulfide) groups is 1. The number of nitrogens with zero attached hydrogens (tertiary/aromatic N) is 3. The fourth-order valence-corrected chi connectivity index (χ4v) is 4.53. The molecule has 0 aliphatic carbocycles. The monoisotopic (exact) mass is 475 g/mol. The molecule has 174 valence electrons. The first-order valence-corrected chi connectivity index (χ1v) is 11.7. The molecular formula is C25H25N5O3S. The molecule has 0 aliphatic rings. The smallest absolute Gasteiger partial charge is 0.242 e. The van der Waals surface area contributed by atoms with Gasteiger partial charge in [-0.15, -0.1) is 10.2 Å². The van der Waals surface area contributed by atoms with Gasteiger partial charge in [0.1, 0.15) is 5.25 Å². The van der Waals surface area contributed by atoms with Crippen molar-refractivity contribution in [2.75, 3.05) is 5.32 Å². The van der Waals surface area contributed by atoms with Crippen LogP contribution in [0.3, 0.4) is 0 Å². The molecule has 2 heterocycles. The molecule has 1 atom stereocenters. The third kappa shape index (κ3) is 5.37. The lowest BCUT2D eigenvalue weighted by molar-refractivity contribution is -0.118. The molecule has 0 radical (unpaired) electrons. The van der Waals surface area contributed by atoms with E-state index in [1.807, 2.05) is 62.4 Å². The van der Waals surface area contributed by atoms with E-state index in [1.54, 1.807) is 23.0 Å². The van der Waals surface area contributed by atoms with Crippen LogP contribution in [0.2, 0.25) is 0 Å². The van der Waals surface area contributed by atoms with E-state index in [1.165, 1.54) is 11.8 Å². The summed E-state index contributed by atoms with van der Waals surface area (Å²) in [4.78, 5) is 25.0. The van der Waals surface area contributed by atoms with Gasteiger partial charge in [0.15, 0.2) is 16.7 Å². The van der Waals surface area contributed by atoms with Crippen molar-refractivity contribution in [1.82, 2.24) is 14.8 Å². The number of carbonyl (C=O) groups is 2. The molecule has 34 heavy (non-hydrogen) atoms. The van der Waals surface area contributed by atoms with Crippen LogP contribution < -0.4 is 11.1 Å². The number of rotatable bonds is 9. The Hall–Kier alpha value is -3.85. The van der Waals surface area contributed by atoms with Crippen molar-refractivity contribution in [3.63, 3.8) is 0 Å². The molecule has 9 heteroatoms. The topological polar surface area (TPSA) is 116 Å². The first-order chi connectivity index (χ1) is 16.4. The fraction of sp³-hybridized carbons (Fsp3) is 0.200. The highest BCUT2D eigenvalue weighted by Gasteiger charge is 2.27. The summed E-state index contributed by atoms with van der Waals surface area (Å²) < 4.78 is 7.25. The normalized spacial score (nSPS) is 11.8. The SMILES string of the molecule is Cc1ccc(C)c(NC(=O)C(Sc2nnc(-c3ccco3)n2CCC(N)=O)c2ccccc2)c1. The number of furan rings is 1. The van der Waals surface area contributed by atoms with Gasteiger partial charge in [0.25, 0.3) is 0 Å². The van der Waals surface area contributed by atoms with Gasteiger partial charge in [0.2, 0.25) is 11.8 Å². The van der Waals surface area contributed by atoms with E-state index >= 15 is 0 Å². The number of hydrogen-bond donors (Lipinski definition) is 2. The number of aryl methyl sites for hydroxylation is 2. The number of aromatic nitrogens is 3. The van der Waals surface area contributed by atoms with Gasteiger partial charge in [-0.05, 0) is 48.7 Å². The zero-order valence-electron chi connectivity index (χ0n) is 18.9. The minimum Gasteiger partial charge on any atom is -0.461 e. The van der Waals surface area contributed by atoms with Gasteiger partial charge >= 0.3 is 0 Å². The summed E-state index contributed by atoms with van der Waals surface area (Å²) in [5, 5.41) is 11.5. The van der Waals surface area contributed by atoms with Crippen LogP contribution in [0.5, 0.6) is 0 Å². The highest BCUT2D eigenvalue weighted by Crippen LogP contribution is 2.37. The Morgan fingerprint density at radius 1 is 1.09 bits per heavy atom. The van der Waals surface area contributed by atoms with Crippen LogP contribution in [0, 0.1) is 13.8 Å². The molecule has 8 nitrogen and oxygen atoms in total. The Morgan fingerprint density at radius 2 is 1.88 bits per heavy atom. The Balaban J connectivity index is 1.69. The predicted molar refractivity (Wildman–Crippen MR) is 131 cm³/mol. The fourth-order valence-electron chi connectivity index (χ4n) is 3.46. The number of hydrogen-bond acceptors (Lipinski definition) is 6. The van der Waals surface area contributed by atoms with Crippen molar-refractivity contribution in [2.24, 2.45) is 5.73 Å². The molecule has 0 bridgehead atoms. The van der Waals surface area contributed by atoms with Crippen molar-refractivity contribution in [2.45, 2.75) is 37.2 Å². The summed E-state index contributed by atoms with van der Waals surface area (Å²) in [7, 11) is 0. The van der Waals surface area contributed by atoms with E-state index in [2.05, 4.69) is 15.5 Å². The molecule has 0 saturated carbocycles. The van der Waals surface area contributed by atoms with Crippen molar-refractivity contribution in [1.29, 1.82) is 0 Å². The summed E-state index contributed by atoms with van der Waals surface area (Å²) in [6, 6.07) is 18.9. The minimum atomic E-state index is -0.609. The van der Waals surface area contributed by atoms with Gasteiger partial charge in [-0.3, -0.25) is 14.2 Å². The number of nitrogens with two attached hydrogens (primary N) is 1. The van der Waals surface area contributed by atoms with Crippen LogP contribution in [-0.2, 0) is 16.1 Å². The molecule has 0 spiro atoms. The van der Waals surface area contributed by atoms with E-state index in [9.17, 15) is 9.59 Å². The van der Waals surface area contributed by atoms with Crippen LogP contribution in [0.1, 0.15) is 28.4 Å². The maximum Gasteiger partial charge on any atom is 0.242 e. The zero-order valence-corrected chi connectivity index (χ0v) is 19.7. The van der Waals surface area contributed by atoms with Gasteiger partial charge in [0, 0.05) is 18.7 Å². The number of carbonyl (C=O) groups excluding carboxylic acids is 2. The number of benzene rings is 2. The van der Waals surface area contributed by atoms with Gasteiger partial charge < -0.3 is 15.5 Å². The van der Waals surface area contributed by atoms with Gasteiger partial charge in [0.05, 0.1) is 6.26 Å². The molecule has 4 aromatic rings. The summed E-state index contributed by atoms with van der Waals surface area (Å²) in [5.41, 5.74) is 9.00. The Kier molecular flexibility index (Phi) is 7.12. The maximum atomic E-state index is 13.5. The molecule has 2 amide bonds. The number of anilines is 1. The third-order valence-electron chi connectivity index (χ3n) is 5.25. The molecular weight excluding hydrogens is 450 g/mol. The van der Waals surface area contributed by atoms with E-state index in [0.29, 0.717) is 16.7 Å². The average Bonchev–Trinajstić information content (AvgIpc) is 3.48. The summed E-state index contributed by atoms with van der Waals surface area (Å²) in [6.07, 6.45) is 1.64. The van der Waals surface area contributed by atoms with Crippen LogP contribution >= 0.6 is 11.8 Å². The number of primary amides is 1. The molecule has 0 fully saturated rings. The van der Waals surface area contributed by atoms with Gasteiger partial charge in [-0.1, -0.05) is 54.2 Å². The lowest BCUT2D eigenvalue weighted by atomic mass is 10.1. The van der Waals surface area contributed by atoms with Crippen LogP contribution in [-0.4, -0.2) is 26.6 Å². The maximum absolute atomic E-state index is 13.5. The van der Waals surface area contributed by atoms with E-state index < -0.39 is 11.2 Å². The van der Waals surface area contributed by atoms with Crippen molar-refractivity contribution < 1.29 is 14.0 Å². The number of nitrogens with one attached hydrogen (secondary N) is 1. The van der Waals surface area contributed by atoms with E-state index in [-0.39, 0.29) is 18.9 Å².